The maximum atomic E-state index is 11.8. The van der Waals surface area contributed by atoms with Gasteiger partial charge < -0.3 is 10.6 Å². The number of fused-ring (bicyclic) bond motifs is 3. The smallest absolute Gasteiger partial charge is 0.269 e. The fourth-order valence-electron chi connectivity index (χ4n) is 2.29. The van der Waals surface area contributed by atoms with Gasteiger partial charge in [0.05, 0.1) is 5.69 Å². The monoisotopic (exact) mass is 242 g/mol. The number of hydrogen-bond acceptors (Lipinski definition) is 3. The Bertz CT molecular complexity index is 415. The second-order valence-electron chi connectivity index (χ2n) is 4.03. The number of carbonyl (C=O) groups excluding carboxylic acids is 1. The van der Waals surface area contributed by atoms with Gasteiger partial charge in [-0.2, -0.15) is 5.10 Å². The molecule has 16 heavy (non-hydrogen) atoms. The summed E-state index contributed by atoms with van der Waals surface area (Å²) in [5.74, 6) is 0.0324. The summed E-state index contributed by atoms with van der Waals surface area (Å²) >= 11 is 0. The van der Waals surface area contributed by atoms with E-state index in [4.69, 9.17) is 0 Å². The number of aromatic nitrogens is 2. The zero-order valence-electron chi connectivity index (χ0n) is 8.95. The molecular formula is C10H15ClN4O. The van der Waals surface area contributed by atoms with Crippen LogP contribution in [0.15, 0.2) is 0 Å². The minimum Gasteiger partial charge on any atom is -0.351 e. The van der Waals surface area contributed by atoms with Crippen LogP contribution in [-0.2, 0) is 19.5 Å². The first-order valence-electron chi connectivity index (χ1n) is 5.44. The average Bonchev–Trinajstić information content (AvgIpc) is 2.53. The summed E-state index contributed by atoms with van der Waals surface area (Å²) in [4.78, 5) is 11.8. The second kappa shape index (κ2) is 4.43. The molecule has 2 aliphatic heterocycles. The number of carbonyl (C=O) groups is 1. The molecule has 2 N–H and O–H groups in total. The molecule has 0 saturated heterocycles. The van der Waals surface area contributed by atoms with Crippen molar-refractivity contribution in [1.82, 2.24) is 20.4 Å². The van der Waals surface area contributed by atoms with Crippen LogP contribution in [0.5, 0.6) is 0 Å². The van der Waals surface area contributed by atoms with Crippen LogP contribution in [0.2, 0.25) is 0 Å². The van der Waals surface area contributed by atoms with Gasteiger partial charge in [0.25, 0.3) is 5.91 Å². The number of nitrogens with one attached hydrogen (secondary N) is 2. The van der Waals surface area contributed by atoms with Crippen LogP contribution in [0.3, 0.4) is 0 Å². The molecule has 0 aliphatic carbocycles. The number of halogens is 1. The molecule has 0 aromatic carbocycles. The summed E-state index contributed by atoms with van der Waals surface area (Å²) in [6, 6.07) is 0. The predicted molar refractivity (Wildman–Crippen MR) is 61.8 cm³/mol. The first-order valence-corrected chi connectivity index (χ1v) is 5.44. The maximum Gasteiger partial charge on any atom is 0.269 e. The molecule has 0 fully saturated rings. The predicted octanol–water partition coefficient (Wildman–Crippen LogP) is 0.0841. The van der Waals surface area contributed by atoms with Crippen molar-refractivity contribution in [3.63, 3.8) is 0 Å². The zero-order chi connectivity index (χ0) is 10.3. The van der Waals surface area contributed by atoms with Crippen molar-refractivity contribution in [3.05, 3.63) is 17.0 Å². The third kappa shape index (κ3) is 1.70. The summed E-state index contributed by atoms with van der Waals surface area (Å²) in [5.41, 5.74) is 2.97. The van der Waals surface area contributed by atoms with Gasteiger partial charge >= 0.3 is 0 Å². The van der Waals surface area contributed by atoms with Crippen LogP contribution in [0.1, 0.15) is 28.2 Å². The number of hydrogen-bond donors (Lipinski definition) is 2. The highest BCUT2D eigenvalue weighted by Crippen LogP contribution is 2.19. The summed E-state index contributed by atoms with van der Waals surface area (Å²) in [7, 11) is 0. The lowest BCUT2D eigenvalue weighted by Crippen LogP contribution is -2.28. The molecule has 3 heterocycles. The van der Waals surface area contributed by atoms with Crippen LogP contribution in [0.25, 0.3) is 0 Å². The first-order chi connectivity index (χ1) is 7.36. The number of amides is 1. The van der Waals surface area contributed by atoms with Gasteiger partial charge in [-0.25, -0.2) is 0 Å². The molecule has 1 aromatic rings. The van der Waals surface area contributed by atoms with Crippen LogP contribution in [0.4, 0.5) is 0 Å². The van der Waals surface area contributed by atoms with E-state index in [1.807, 2.05) is 4.68 Å². The molecule has 3 rings (SSSR count). The molecule has 0 unspecified atom stereocenters. The zero-order valence-corrected chi connectivity index (χ0v) is 9.77. The van der Waals surface area contributed by atoms with E-state index in [0.717, 1.165) is 56.0 Å². The number of aryl methyl sites for hydroxylation is 1. The maximum absolute atomic E-state index is 11.8. The van der Waals surface area contributed by atoms with Crippen molar-refractivity contribution in [1.29, 1.82) is 0 Å². The minimum absolute atomic E-state index is 0. The van der Waals surface area contributed by atoms with Gasteiger partial charge in [0.1, 0.15) is 5.69 Å². The van der Waals surface area contributed by atoms with E-state index >= 15 is 0 Å². The topological polar surface area (TPSA) is 59.0 Å². The van der Waals surface area contributed by atoms with E-state index in [0.29, 0.717) is 0 Å². The van der Waals surface area contributed by atoms with Crippen LogP contribution >= 0.6 is 12.4 Å². The third-order valence-electron chi connectivity index (χ3n) is 3.02. The van der Waals surface area contributed by atoms with Gasteiger partial charge in [-0.3, -0.25) is 9.48 Å². The van der Waals surface area contributed by atoms with Crippen molar-refractivity contribution in [2.24, 2.45) is 0 Å². The third-order valence-corrected chi connectivity index (χ3v) is 3.02. The van der Waals surface area contributed by atoms with E-state index in [2.05, 4.69) is 15.7 Å². The summed E-state index contributed by atoms with van der Waals surface area (Å²) in [6.07, 6.45) is 1.90. The molecule has 0 spiro atoms. The Morgan fingerprint density at radius 1 is 1.31 bits per heavy atom. The van der Waals surface area contributed by atoms with Gasteiger partial charge in [-0.05, 0) is 6.42 Å². The van der Waals surface area contributed by atoms with E-state index in [1.165, 1.54) is 0 Å². The largest absolute Gasteiger partial charge is 0.351 e. The van der Waals surface area contributed by atoms with E-state index < -0.39 is 0 Å². The van der Waals surface area contributed by atoms with Crippen molar-refractivity contribution in [2.75, 3.05) is 13.1 Å². The average molecular weight is 243 g/mol. The van der Waals surface area contributed by atoms with Crippen molar-refractivity contribution < 1.29 is 4.79 Å². The SMILES string of the molecule is Cl.O=C1NCCCn2nc3c(c21)CNCC3. The lowest BCUT2D eigenvalue weighted by molar-refractivity contribution is 0.0949. The van der Waals surface area contributed by atoms with Crippen LogP contribution in [-0.4, -0.2) is 28.8 Å². The lowest BCUT2D eigenvalue weighted by atomic mass is 10.1. The lowest BCUT2D eigenvalue weighted by Gasteiger charge is -2.12. The molecule has 5 nitrogen and oxygen atoms in total. The Hall–Kier alpha value is -1.07. The Kier molecular flexibility index (Phi) is 3.16. The van der Waals surface area contributed by atoms with Crippen molar-refractivity contribution in [2.45, 2.75) is 25.9 Å². The molecule has 88 valence electrons. The van der Waals surface area contributed by atoms with E-state index in [-0.39, 0.29) is 18.3 Å². The fraction of sp³-hybridized carbons (Fsp3) is 0.600. The molecule has 2 aliphatic rings. The normalized spacial score (nSPS) is 18.9. The standard InChI is InChI=1S/C10H14N4O.ClH/c15-10-9-7-6-11-4-2-8(7)13-14(9)5-1-3-12-10;/h11H,1-6H2,(H,12,15);1H. The molecule has 0 radical (unpaired) electrons. The Balaban J connectivity index is 0.000000963. The highest BCUT2D eigenvalue weighted by molar-refractivity contribution is 5.94. The highest BCUT2D eigenvalue weighted by atomic mass is 35.5. The fourth-order valence-corrected chi connectivity index (χ4v) is 2.29. The van der Waals surface area contributed by atoms with Gasteiger partial charge in [0, 0.05) is 38.2 Å². The second-order valence-corrected chi connectivity index (χ2v) is 4.03. The Morgan fingerprint density at radius 2 is 2.19 bits per heavy atom. The summed E-state index contributed by atoms with van der Waals surface area (Å²) in [6.45, 7) is 3.34. The molecule has 1 amide bonds. The van der Waals surface area contributed by atoms with Crippen molar-refractivity contribution >= 4 is 18.3 Å². The van der Waals surface area contributed by atoms with Crippen LogP contribution < -0.4 is 10.6 Å². The molecule has 6 heteroatoms. The van der Waals surface area contributed by atoms with Gasteiger partial charge in [-0.15, -0.1) is 12.4 Å². The Morgan fingerprint density at radius 3 is 3.06 bits per heavy atom. The molecule has 0 bridgehead atoms. The van der Waals surface area contributed by atoms with Crippen LogP contribution in [0, 0.1) is 0 Å². The number of rotatable bonds is 0. The van der Waals surface area contributed by atoms with Gasteiger partial charge in [0.2, 0.25) is 0 Å². The van der Waals surface area contributed by atoms with E-state index in [1.54, 1.807) is 0 Å². The quantitative estimate of drug-likeness (QED) is 0.678. The highest BCUT2D eigenvalue weighted by Gasteiger charge is 2.26. The number of nitrogens with zero attached hydrogens (tertiary/aromatic N) is 2. The van der Waals surface area contributed by atoms with Crippen molar-refractivity contribution in [3.8, 4) is 0 Å². The van der Waals surface area contributed by atoms with Gasteiger partial charge in [-0.1, -0.05) is 0 Å². The summed E-state index contributed by atoms with van der Waals surface area (Å²) < 4.78 is 1.88. The minimum atomic E-state index is 0. The molecule has 1 aromatic heterocycles. The summed E-state index contributed by atoms with van der Waals surface area (Å²) in [5, 5.41) is 10.7. The molecule has 0 saturated carbocycles. The van der Waals surface area contributed by atoms with Gasteiger partial charge in [0.15, 0.2) is 0 Å². The molecule has 0 atom stereocenters. The first kappa shape index (κ1) is 11.4. The Labute approximate surface area is 100.0 Å². The molecular weight excluding hydrogens is 228 g/mol. The van der Waals surface area contributed by atoms with E-state index in [9.17, 15) is 4.79 Å².